The summed E-state index contributed by atoms with van der Waals surface area (Å²) in [6, 6.07) is 12.7. The number of rotatable bonds is 10. The van der Waals surface area contributed by atoms with Crippen molar-refractivity contribution in [1.82, 2.24) is 40.0 Å². The molecular formula is C45H47ClF3N11O3. The monoisotopic (exact) mass is 881 g/mol. The maximum absolute atomic E-state index is 16.1. The Balaban J connectivity index is 0.791. The lowest BCUT2D eigenvalue weighted by atomic mass is 9.69. The first kappa shape index (κ1) is 41.2. The Hall–Kier alpha value is -5.78. The molecule has 10 rings (SSSR count). The zero-order valence-electron chi connectivity index (χ0n) is 35.2. The quantitative estimate of drug-likeness (QED) is 0.144. The summed E-state index contributed by atoms with van der Waals surface area (Å²) in [6.07, 6.45) is 3.82. The molecule has 1 saturated carbocycles. The maximum atomic E-state index is 16.1. The molecule has 14 nitrogen and oxygen atoms in total. The van der Waals surface area contributed by atoms with Gasteiger partial charge in [0.2, 0.25) is 5.91 Å². The lowest BCUT2D eigenvalue weighted by Crippen LogP contribution is -2.69. The van der Waals surface area contributed by atoms with E-state index in [-0.39, 0.29) is 31.1 Å². The number of carbonyl (C=O) groups excluding carboxylic acids is 3. The number of hydrogen-bond acceptors (Lipinski definition) is 10. The lowest BCUT2D eigenvalue weighted by molar-refractivity contribution is -0.227. The summed E-state index contributed by atoms with van der Waals surface area (Å²) in [4.78, 5) is 54.2. The van der Waals surface area contributed by atoms with Crippen molar-refractivity contribution in [2.24, 2.45) is 5.41 Å². The molecule has 0 bridgehead atoms. The number of pyridine rings is 1. The van der Waals surface area contributed by atoms with E-state index in [0.717, 1.165) is 51.2 Å². The van der Waals surface area contributed by atoms with Gasteiger partial charge < -0.3 is 15.5 Å². The normalized spacial score (nSPS) is 21.7. The van der Waals surface area contributed by atoms with Crippen LogP contribution in [0.3, 0.4) is 0 Å². The number of nitrogens with one attached hydrogen (secondary N) is 3. The third-order valence-corrected chi connectivity index (χ3v) is 13.8. The van der Waals surface area contributed by atoms with Gasteiger partial charge in [-0.25, -0.2) is 27.5 Å². The number of nitrogens with zero attached hydrogens (tertiary/aromatic N) is 8. The molecule has 1 spiro atoms. The smallest absolute Gasteiger partial charge is 0.328 e. The number of likely N-dealkylation sites (tertiary alicyclic amines) is 2. The van der Waals surface area contributed by atoms with Crippen LogP contribution in [0.5, 0.6) is 0 Å². The number of imide groups is 1. The second kappa shape index (κ2) is 15.5. The maximum Gasteiger partial charge on any atom is 0.328 e. The topological polar surface area (TPSA) is 143 Å². The van der Waals surface area contributed by atoms with E-state index in [1.807, 2.05) is 56.4 Å². The number of hydrogen-bond donors (Lipinski definition) is 3. The average Bonchev–Trinajstić information content (AvgIpc) is 3.56. The number of carbonyl (C=O) groups is 3. The Kier molecular flexibility index (Phi) is 10.1. The van der Waals surface area contributed by atoms with Crippen molar-refractivity contribution in [3.63, 3.8) is 0 Å². The number of fused-ring (bicyclic) bond motifs is 2. The third-order valence-electron chi connectivity index (χ3n) is 13.5. The van der Waals surface area contributed by atoms with Gasteiger partial charge in [0.15, 0.2) is 17.2 Å². The van der Waals surface area contributed by atoms with Crippen LogP contribution in [0.4, 0.5) is 40.8 Å². The van der Waals surface area contributed by atoms with Gasteiger partial charge >= 0.3 is 6.03 Å². The van der Waals surface area contributed by atoms with Crippen LogP contribution in [-0.2, 0) is 24.3 Å². The molecule has 7 heterocycles. The van der Waals surface area contributed by atoms with Crippen LogP contribution in [-0.4, -0.2) is 112 Å². The van der Waals surface area contributed by atoms with E-state index in [0.29, 0.717) is 80.0 Å². The highest BCUT2D eigenvalue weighted by molar-refractivity contribution is 6.34. The molecule has 328 valence electrons. The second-order valence-electron chi connectivity index (χ2n) is 17.6. The minimum Gasteiger partial charge on any atom is -0.385 e. The zero-order valence-corrected chi connectivity index (χ0v) is 35.9. The van der Waals surface area contributed by atoms with Crippen LogP contribution in [0.2, 0.25) is 5.02 Å². The molecule has 5 aliphatic rings. The number of piperidine rings is 1. The van der Waals surface area contributed by atoms with Gasteiger partial charge in [-0.3, -0.25) is 34.6 Å². The van der Waals surface area contributed by atoms with E-state index in [4.69, 9.17) is 21.7 Å². The van der Waals surface area contributed by atoms with Crippen LogP contribution in [0.1, 0.15) is 57.6 Å². The summed E-state index contributed by atoms with van der Waals surface area (Å²) in [7, 11) is 1.78. The van der Waals surface area contributed by atoms with Crippen molar-refractivity contribution in [1.29, 1.82) is 0 Å². The van der Waals surface area contributed by atoms with E-state index in [9.17, 15) is 18.8 Å². The van der Waals surface area contributed by atoms with Crippen molar-refractivity contribution < 1.29 is 27.6 Å². The predicted octanol–water partition coefficient (Wildman–Crippen LogP) is 6.43. The predicted molar refractivity (Wildman–Crippen MR) is 233 cm³/mol. The molecule has 18 heteroatoms. The van der Waals surface area contributed by atoms with Crippen LogP contribution in [0.25, 0.3) is 16.9 Å². The highest BCUT2D eigenvalue weighted by Gasteiger charge is 2.62. The first-order valence-electron chi connectivity index (χ1n) is 21.3. The highest BCUT2D eigenvalue weighted by atomic mass is 35.5. The van der Waals surface area contributed by atoms with Crippen LogP contribution in [0.15, 0.2) is 54.9 Å². The number of imidazole rings is 1. The van der Waals surface area contributed by atoms with Crippen LogP contribution < -0.4 is 25.8 Å². The number of benzene rings is 2. The molecule has 5 aromatic rings. The first-order valence-corrected chi connectivity index (χ1v) is 21.7. The number of alkyl halides is 3. The van der Waals surface area contributed by atoms with Crippen molar-refractivity contribution in [2.45, 2.75) is 70.8 Å². The summed E-state index contributed by atoms with van der Waals surface area (Å²) < 4.78 is 47.4. The standard InChI is InChI=1S/C45H47ClF3N11O3/c1-25-15-31(46)40(59-13-10-39(61)54-43(59)63)26(2)30(25)21-56-14-11-44(45(48,49)24-56)22-57(23-44)20-27-7-8-33(51-18-27)28-5-4-6-36-29(28)9-12-58(36)38-17-35(50-3)41-52-19-37(60(41)55-38)42(62)53-34-16-32(34)47/h4-8,15,17-19,32,34,50H,9-14,16,20-24H2,1-3H3,(H,53,62)(H,54,61,63)/t32-,34?/m0/s1. The SMILES string of the molecule is CNc1cc(N2CCc3c(-c4ccc(CN5CC6(CCN(Cc7c(C)cc(Cl)c(N8CCC(=O)NC8=O)c7C)CC6(F)F)C5)cn4)cccc32)nn2c(C(=O)NC3C[C@@H]3F)cnc12. The molecule has 63 heavy (non-hydrogen) atoms. The van der Waals surface area contributed by atoms with Gasteiger partial charge in [0.25, 0.3) is 11.8 Å². The number of halogens is 4. The average molecular weight is 882 g/mol. The molecule has 2 aromatic carbocycles. The first-order chi connectivity index (χ1) is 30.2. The Bertz CT molecular complexity index is 2690. The zero-order chi connectivity index (χ0) is 43.9. The molecule has 4 aliphatic heterocycles. The molecule has 3 N–H and O–H groups in total. The Morgan fingerprint density at radius 1 is 0.968 bits per heavy atom. The number of aromatic nitrogens is 4. The van der Waals surface area contributed by atoms with Crippen molar-refractivity contribution in [3.8, 4) is 11.3 Å². The number of aryl methyl sites for hydroxylation is 1. The fourth-order valence-corrected chi connectivity index (χ4v) is 10.3. The molecular weight excluding hydrogens is 835 g/mol. The van der Waals surface area contributed by atoms with E-state index >= 15 is 8.78 Å². The number of urea groups is 1. The molecule has 1 unspecified atom stereocenters. The van der Waals surface area contributed by atoms with Crippen LogP contribution in [0, 0.1) is 19.3 Å². The summed E-state index contributed by atoms with van der Waals surface area (Å²) in [5.41, 5.74) is 8.12. The Morgan fingerprint density at radius 3 is 2.48 bits per heavy atom. The second-order valence-corrected chi connectivity index (χ2v) is 18.0. The van der Waals surface area contributed by atoms with Gasteiger partial charge in [-0.2, -0.15) is 0 Å². The summed E-state index contributed by atoms with van der Waals surface area (Å²) in [5, 5.41) is 13.4. The van der Waals surface area contributed by atoms with E-state index in [1.54, 1.807) is 18.0 Å². The van der Waals surface area contributed by atoms with Gasteiger partial charge in [-0.1, -0.05) is 29.8 Å². The summed E-state index contributed by atoms with van der Waals surface area (Å²) in [6.45, 7) is 6.15. The minimum atomic E-state index is -2.91. The third kappa shape index (κ3) is 7.23. The Labute approximate surface area is 366 Å². The van der Waals surface area contributed by atoms with E-state index in [1.165, 1.54) is 15.6 Å². The van der Waals surface area contributed by atoms with Crippen molar-refractivity contribution in [3.05, 3.63) is 93.4 Å². The lowest BCUT2D eigenvalue weighted by Gasteiger charge is -2.57. The molecule has 3 saturated heterocycles. The molecule has 1 aliphatic carbocycles. The van der Waals surface area contributed by atoms with Crippen molar-refractivity contribution >= 4 is 58.0 Å². The van der Waals surface area contributed by atoms with Crippen molar-refractivity contribution in [2.75, 3.05) is 61.4 Å². The van der Waals surface area contributed by atoms with E-state index < -0.39 is 35.5 Å². The minimum absolute atomic E-state index is 0.154. The fourth-order valence-electron chi connectivity index (χ4n) is 9.90. The van der Waals surface area contributed by atoms with Gasteiger partial charge in [-0.05, 0) is 79.3 Å². The molecule has 4 amide bonds. The number of amides is 4. The van der Waals surface area contributed by atoms with Gasteiger partial charge in [0.05, 0.1) is 46.3 Å². The van der Waals surface area contributed by atoms with Gasteiger partial charge in [0.1, 0.15) is 6.17 Å². The molecule has 4 fully saturated rings. The van der Waals surface area contributed by atoms with Crippen LogP contribution >= 0.6 is 11.6 Å². The highest BCUT2D eigenvalue weighted by Crippen LogP contribution is 2.51. The summed E-state index contributed by atoms with van der Waals surface area (Å²) in [5.74, 6) is -3.05. The molecule has 0 radical (unpaired) electrons. The largest absolute Gasteiger partial charge is 0.385 e. The fraction of sp³-hybridized carbons (Fsp3) is 0.422. The van der Waals surface area contributed by atoms with Gasteiger partial charge in [-0.15, -0.1) is 5.10 Å². The Morgan fingerprint density at radius 2 is 1.76 bits per heavy atom. The van der Waals surface area contributed by atoms with E-state index in [2.05, 4.69) is 30.7 Å². The molecule has 2 atom stereocenters. The number of anilines is 4. The molecule has 3 aromatic heterocycles. The summed E-state index contributed by atoms with van der Waals surface area (Å²) >= 11 is 6.62. The van der Waals surface area contributed by atoms with Gasteiger partial charge in [0, 0.05) is 82.7 Å².